The third-order valence-corrected chi connectivity index (χ3v) is 4.98. The molecule has 23 heavy (non-hydrogen) atoms. The highest BCUT2D eigenvalue weighted by molar-refractivity contribution is 7.09. The van der Waals surface area contributed by atoms with Crippen molar-refractivity contribution in [3.8, 4) is 0 Å². The topological polar surface area (TPSA) is 58.1 Å². The lowest BCUT2D eigenvalue weighted by Crippen LogP contribution is -2.35. The van der Waals surface area contributed by atoms with Crippen molar-refractivity contribution < 1.29 is 9.18 Å². The van der Waals surface area contributed by atoms with Crippen molar-refractivity contribution in [1.29, 1.82) is 0 Å². The van der Waals surface area contributed by atoms with Crippen LogP contribution in [-0.4, -0.2) is 40.4 Å². The van der Waals surface area contributed by atoms with Crippen LogP contribution in [-0.2, 0) is 6.54 Å². The second kappa shape index (κ2) is 7.14. The fraction of sp³-hybridized carbons (Fsp3) is 0.438. The van der Waals surface area contributed by atoms with E-state index < -0.39 is 5.82 Å². The summed E-state index contributed by atoms with van der Waals surface area (Å²) in [4.78, 5) is 23.7. The number of pyridine rings is 1. The summed E-state index contributed by atoms with van der Waals surface area (Å²) in [5, 5.41) is 3.32. The van der Waals surface area contributed by atoms with Crippen molar-refractivity contribution in [2.24, 2.45) is 5.92 Å². The standard InChI is InChI=1S/C16H19FN4OS/c1-11-15(23-10-20-11)9-21(8-12-2-3-18-5-12)16(22)13-4-14(17)7-19-6-13/h4,6-7,10,12,18H,2-3,5,8-9H2,1H3. The first kappa shape index (κ1) is 16.0. The number of nitrogens with zero attached hydrogens (tertiary/aromatic N) is 3. The predicted molar refractivity (Wildman–Crippen MR) is 86.8 cm³/mol. The Morgan fingerprint density at radius 2 is 2.39 bits per heavy atom. The van der Waals surface area contributed by atoms with Crippen molar-refractivity contribution in [3.05, 3.63) is 45.9 Å². The van der Waals surface area contributed by atoms with Gasteiger partial charge in [-0.05, 0) is 38.4 Å². The van der Waals surface area contributed by atoms with Gasteiger partial charge in [-0.3, -0.25) is 9.78 Å². The van der Waals surface area contributed by atoms with E-state index in [0.29, 0.717) is 19.0 Å². The Balaban J connectivity index is 1.81. The molecule has 1 atom stereocenters. The monoisotopic (exact) mass is 334 g/mol. The normalized spacial score (nSPS) is 17.4. The van der Waals surface area contributed by atoms with Gasteiger partial charge in [0.05, 0.1) is 29.5 Å². The Morgan fingerprint density at radius 1 is 1.52 bits per heavy atom. The summed E-state index contributed by atoms with van der Waals surface area (Å²) in [6, 6.07) is 1.24. The maximum atomic E-state index is 13.4. The molecule has 0 radical (unpaired) electrons. The van der Waals surface area contributed by atoms with E-state index in [0.717, 1.165) is 36.3 Å². The molecule has 1 amide bonds. The molecular formula is C16H19FN4OS. The molecule has 0 aromatic carbocycles. The molecule has 1 aliphatic heterocycles. The Labute approximate surface area is 138 Å². The predicted octanol–water partition coefficient (Wildman–Crippen LogP) is 2.24. The van der Waals surface area contributed by atoms with E-state index in [2.05, 4.69) is 15.3 Å². The number of thiazole rings is 1. The van der Waals surface area contributed by atoms with Crippen LogP contribution in [0.1, 0.15) is 27.3 Å². The third-order valence-electron chi connectivity index (χ3n) is 4.06. The van der Waals surface area contributed by atoms with Gasteiger partial charge in [0.1, 0.15) is 5.82 Å². The fourth-order valence-corrected chi connectivity index (χ4v) is 3.56. The summed E-state index contributed by atoms with van der Waals surface area (Å²) in [5.74, 6) is -0.252. The molecule has 1 saturated heterocycles. The fourth-order valence-electron chi connectivity index (χ4n) is 2.76. The highest BCUT2D eigenvalue weighted by Gasteiger charge is 2.24. The summed E-state index contributed by atoms with van der Waals surface area (Å²) in [6.45, 7) is 4.98. The number of rotatable bonds is 5. The first-order valence-electron chi connectivity index (χ1n) is 7.63. The molecule has 1 aliphatic rings. The van der Waals surface area contributed by atoms with E-state index in [4.69, 9.17) is 0 Å². The molecule has 1 N–H and O–H groups in total. The maximum absolute atomic E-state index is 13.4. The molecule has 2 aromatic heterocycles. The maximum Gasteiger partial charge on any atom is 0.255 e. The molecule has 0 saturated carbocycles. The van der Waals surface area contributed by atoms with Crippen molar-refractivity contribution in [1.82, 2.24) is 20.2 Å². The second-order valence-electron chi connectivity index (χ2n) is 5.80. The summed E-state index contributed by atoms with van der Waals surface area (Å²) < 4.78 is 13.4. The lowest BCUT2D eigenvalue weighted by atomic mass is 10.1. The molecule has 1 unspecified atom stereocenters. The number of nitrogens with one attached hydrogen (secondary N) is 1. The summed E-state index contributed by atoms with van der Waals surface area (Å²) in [7, 11) is 0. The van der Waals surface area contributed by atoms with E-state index >= 15 is 0 Å². The van der Waals surface area contributed by atoms with Gasteiger partial charge in [0, 0.05) is 17.6 Å². The molecule has 0 aliphatic carbocycles. The van der Waals surface area contributed by atoms with Gasteiger partial charge in [-0.15, -0.1) is 11.3 Å². The Bertz CT molecular complexity index is 684. The van der Waals surface area contributed by atoms with Crippen LogP contribution in [0.2, 0.25) is 0 Å². The zero-order valence-electron chi connectivity index (χ0n) is 13.0. The van der Waals surface area contributed by atoms with Crippen LogP contribution in [0.4, 0.5) is 4.39 Å². The van der Waals surface area contributed by atoms with Crippen LogP contribution in [0, 0.1) is 18.7 Å². The van der Waals surface area contributed by atoms with Gasteiger partial charge in [-0.25, -0.2) is 9.37 Å². The number of halogens is 1. The van der Waals surface area contributed by atoms with Gasteiger partial charge in [0.2, 0.25) is 0 Å². The van der Waals surface area contributed by atoms with Crippen molar-refractivity contribution in [2.45, 2.75) is 19.9 Å². The minimum absolute atomic E-state index is 0.184. The lowest BCUT2D eigenvalue weighted by molar-refractivity contribution is 0.0719. The van der Waals surface area contributed by atoms with E-state index in [9.17, 15) is 9.18 Å². The molecular weight excluding hydrogens is 315 g/mol. The van der Waals surface area contributed by atoms with Crippen LogP contribution in [0.5, 0.6) is 0 Å². The van der Waals surface area contributed by atoms with Crippen molar-refractivity contribution in [2.75, 3.05) is 19.6 Å². The molecule has 1 fully saturated rings. The number of hydrogen-bond donors (Lipinski definition) is 1. The molecule has 3 heterocycles. The first-order valence-corrected chi connectivity index (χ1v) is 8.51. The first-order chi connectivity index (χ1) is 11.1. The van der Waals surface area contributed by atoms with Crippen LogP contribution in [0.25, 0.3) is 0 Å². The zero-order valence-corrected chi connectivity index (χ0v) is 13.8. The smallest absolute Gasteiger partial charge is 0.255 e. The average Bonchev–Trinajstić information content (AvgIpc) is 3.18. The van der Waals surface area contributed by atoms with Crippen LogP contribution >= 0.6 is 11.3 Å². The molecule has 0 spiro atoms. The van der Waals surface area contributed by atoms with Gasteiger partial charge >= 0.3 is 0 Å². The van der Waals surface area contributed by atoms with Crippen LogP contribution < -0.4 is 5.32 Å². The zero-order chi connectivity index (χ0) is 16.2. The summed E-state index contributed by atoms with van der Waals surface area (Å²) in [5.41, 5.74) is 3.02. The number of carbonyl (C=O) groups is 1. The Morgan fingerprint density at radius 3 is 3.04 bits per heavy atom. The molecule has 3 rings (SSSR count). The van der Waals surface area contributed by atoms with Gasteiger partial charge in [0.25, 0.3) is 5.91 Å². The van der Waals surface area contributed by atoms with Gasteiger partial charge < -0.3 is 10.2 Å². The molecule has 0 bridgehead atoms. The Hall–Kier alpha value is -1.86. The van der Waals surface area contributed by atoms with Gasteiger partial charge in [-0.1, -0.05) is 0 Å². The van der Waals surface area contributed by atoms with Crippen LogP contribution in [0.3, 0.4) is 0 Å². The number of amides is 1. The number of aryl methyl sites for hydroxylation is 1. The van der Waals surface area contributed by atoms with Gasteiger partial charge in [-0.2, -0.15) is 0 Å². The van der Waals surface area contributed by atoms with Crippen LogP contribution in [0.15, 0.2) is 24.0 Å². The minimum Gasteiger partial charge on any atom is -0.333 e. The molecule has 122 valence electrons. The number of aromatic nitrogens is 2. The summed E-state index contributed by atoms with van der Waals surface area (Å²) >= 11 is 1.54. The van der Waals surface area contributed by atoms with E-state index in [1.165, 1.54) is 12.3 Å². The average molecular weight is 334 g/mol. The second-order valence-corrected chi connectivity index (χ2v) is 6.74. The van der Waals surface area contributed by atoms with E-state index in [1.54, 1.807) is 21.7 Å². The quantitative estimate of drug-likeness (QED) is 0.911. The van der Waals surface area contributed by atoms with Gasteiger partial charge in [0.15, 0.2) is 0 Å². The minimum atomic E-state index is -0.493. The molecule has 2 aromatic rings. The Kier molecular flexibility index (Phi) is 4.97. The largest absolute Gasteiger partial charge is 0.333 e. The SMILES string of the molecule is Cc1ncsc1CN(CC1CCNC1)C(=O)c1cncc(F)c1. The molecule has 7 heteroatoms. The highest BCUT2D eigenvalue weighted by Crippen LogP contribution is 2.20. The van der Waals surface area contributed by atoms with Crippen molar-refractivity contribution in [3.63, 3.8) is 0 Å². The number of hydrogen-bond acceptors (Lipinski definition) is 5. The highest BCUT2D eigenvalue weighted by atomic mass is 32.1. The summed E-state index contributed by atoms with van der Waals surface area (Å²) in [6.07, 6.45) is 3.58. The van der Waals surface area contributed by atoms with E-state index in [1.807, 2.05) is 6.92 Å². The number of carbonyl (C=O) groups excluding carboxylic acids is 1. The van der Waals surface area contributed by atoms with Crippen molar-refractivity contribution >= 4 is 17.2 Å². The lowest BCUT2D eigenvalue weighted by Gasteiger charge is -2.25. The molecule has 5 nitrogen and oxygen atoms in total. The third kappa shape index (κ3) is 3.92. The van der Waals surface area contributed by atoms with E-state index in [-0.39, 0.29) is 11.5 Å².